The Bertz CT molecular complexity index is 893. The number of carbonyl (C=O) groups excluding carboxylic acids is 1. The number of hydrogen-bond donors (Lipinski definition) is 1. The molecule has 0 aliphatic carbocycles. The zero-order valence-corrected chi connectivity index (χ0v) is 13.3. The molecular formula is C17H17N3O3. The van der Waals surface area contributed by atoms with Crippen molar-refractivity contribution < 1.29 is 4.79 Å². The van der Waals surface area contributed by atoms with Gasteiger partial charge in [0.05, 0.1) is 11.6 Å². The van der Waals surface area contributed by atoms with Crippen LogP contribution in [0, 0.1) is 18.3 Å². The Morgan fingerprint density at radius 2 is 1.96 bits per heavy atom. The van der Waals surface area contributed by atoms with Crippen molar-refractivity contribution in [2.45, 2.75) is 33.7 Å². The van der Waals surface area contributed by atoms with E-state index < -0.39 is 17.0 Å². The summed E-state index contributed by atoms with van der Waals surface area (Å²) < 4.78 is 1.26. The second-order valence-corrected chi connectivity index (χ2v) is 5.21. The molecule has 1 aromatic heterocycles. The normalized spacial score (nSPS) is 10.3. The van der Waals surface area contributed by atoms with Crippen molar-refractivity contribution in [1.82, 2.24) is 9.55 Å². The number of nitriles is 1. The van der Waals surface area contributed by atoms with Gasteiger partial charge in [-0.1, -0.05) is 6.92 Å². The first kappa shape index (κ1) is 16.4. The van der Waals surface area contributed by atoms with Crippen LogP contribution in [0.5, 0.6) is 0 Å². The quantitative estimate of drug-likeness (QED) is 0.866. The zero-order valence-electron chi connectivity index (χ0n) is 13.3. The summed E-state index contributed by atoms with van der Waals surface area (Å²) in [5, 5.41) is 9.06. The van der Waals surface area contributed by atoms with Gasteiger partial charge in [-0.05, 0) is 44.0 Å². The van der Waals surface area contributed by atoms with Crippen molar-refractivity contribution in [3.63, 3.8) is 0 Å². The van der Waals surface area contributed by atoms with Gasteiger partial charge in [0.15, 0.2) is 0 Å². The van der Waals surface area contributed by atoms with Gasteiger partial charge < -0.3 is 0 Å². The van der Waals surface area contributed by atoms with Crippen LogP contribution >= 0.6 is 0 Å². The molecule has 0 saturated carbocycles. The Labute approximate surface area is 133 Å². The van der Waals surface area contributed by atoms with Crippen LogP contribution < -0.4 is 11.2 Å². The molecule has 0 fully saturated rings. The Kier molecular flexibility index (Phi) is 4.60. The molecule has 0 atom stereocenters. The summed E-state index contributed by atoms with van der Waals surface area (Å²) in [5.74, 6) is -0.424. The van der Waals surface area contributed by atoms with Crippen LogP contribution in [0.3, 0.4) is 0 Å². The van der Waals surface area contributed by atoms with Gasteiger partial charge in [-0.3, -0.25) is 19.1 Å². The van der Waals surface area contributed by atoms with Crippen molar-refractivity contribution in [3.8, 4) is 6.07 Å². The fourth-order valence-corrected chi connectivity index (χ4v) is 2.62. The van der Waals surface area contributed by atoms with E-state index in [9.17, 15) is 14.4 Å². The second kappa shape index (κ2) is 6.44. The predicted octanol–water partition coefficient (Wildman–Crippen LogP) is 1.53. The van der Waals surface area contributed by atoms with Crippen LogP contribution in [0.4, 0.5) is 0 Å². The molecule has 118 valence electrons. The highest BCUT2D eigenvalue weighted by atomic mass is 16.2. The summed E-state index contributed by atoms with van der Waals surface area (Å²) in [6, 6.07) is 6.79. The van der Waals surface area contributed by atoms with Gasteiger partial charge in [-0.2, -0.15) is 5.26 Å². The van der Waals surface area contributed by atoms with E-state index in [1.807, 2.05) is 6.07 Å². The van der Waals surface area contributed by atoms with Gasteiger partial charge >= 0.3 is 5.69 Å². The zero-order chi connectivity index (χ0) is 17.1. The average Bonchev–Trinajstić information content (AvgIpc) is 2.52. The van der Waals surface area contributed by atoms with Crippen molar-refractivity contribution >= 4 is 5.78 Å². The van der Waals surface area contributed by atoms with Crippen molar-refractivity contribution in [2.75, 3.05) is 0 Å². The largest absolute Gasteiger partial charge is 0.328 e. The number of aromatic amines is 1. The highest BCUT2D eigenvalue weighted by Crippen LogP contribution is 2.15. The van der Waals surface area contributed by atoms with Gasteiger partial charge in [0.1, 0.15) is 5.69 Å². The van der Waals surface area contributed by atoms with E-state index in [0.717, 1.165) is 5.56 Å². The first-order valence-corrected chi connectivity index (χ1v) is 7.35. The maximum absolute atomic E-state index is 12.9. The van der Waals surface area contributed by atoms with E-state index in [0.29, 0.717) is 17.5 Å². The number of aryl methyl sites for hydroxylation is 1. The predicted molar refractivity (Wildman–Crippen MR) is 85.7 cm³/mol. The van der Waals surface area contributed by atoms with Crippen molar-refractivity contribution in [3.05, 3.63) is 67.0 Å². The third-order valence-electron chi connectivity index (χ3n) is 3.65. The minimum Gasteiger partial charge on any atom is -0.290 e. The Hall–Kier alpha value is -2.94. The molecule has 23 heavy (non-hydrogen) atoms. The maximum atomic E-state index is 12.9. The van der Waals surface area contributed by atoms with E-state index in [1.54, 1.807) is 32.9 Å². The van der Waals surface area contributed by atoms with E-state index in [2.05, 4.69) is 4.98 Å². The Morgan fingerprint density at radius 3 is 2.52 bits per heavy atom. The van der Waals surface area contributed by atoms with Crippen molar-refractivity contribution in [1.29, 1.82) is 5.26 Å². The first-order chi connectivity index (χ1) is 10.9. The minimum absolute atomic E-state index is 0.0956. The molecule has 2 aromatic rings. The molecular weight excluding hydrogens is 294 g/mol. The molecule has 6 nitrogen and oxygen atoms in total. The second-order valence-electron chi connectivity index (χ2n) is 5.21. The van der Waals surface area contributed by atoms with Crippen LogP contribution in [0.15, 0.2) is 27.8 Å². The summed E-state index contributed by atoms with van der Waals surface area (Å²) in [6.07, 6.45) is 0.327. The van der Waals surface area contributed by atoms with Gasteiger partial charge in [0.2, 0.25) is 5.78 Å². The number of aromatic nitrogens is 2. The molecule has 1 heterocycles. The molecule has 0 bridgehead atoms. The molecule has 0 radical (unpaired) electrons. The van der Waals surface area contributed by atoms with Crippen molar-refractivity contribution in [2.24, 2.45) is 0 Å². The summed E-state index contributed by atoms with van der Waals surface area (Å²) in [7, 11) is 0. The molecule has 0 spiro atoms. The molecule has 0 unspecified atom stereocenters. The molecule has 0 aliphatic rings. The fraction of sp³-hybridized carbons (Fsp3) is 0.294. The maximum Gasteiger partial charge on any atom is 0.328 e. The van der Waals surface area contributed by atoms with Crippen LogP contribution in [-0.2, 0) is 13.0 Å². The third kappa shape index (κ3) is 2.99. The third-order valence-corrected chi connectivity index (χ3v) is 3.65. The minimum atomic E-state index is -0.605. The average molecular weight is 311 g/mol. The SMILES string of the molecule is CCc1c(C(=O)c2cc(C)cc(C#N)c2)n(CC)c(=O)[nH]c1=O. The van der Waals surface area contributed by atoms with Gasteiger partial charge in [0.25, 0.3) is 5.56 Å². The first-order valence-electron chi connectivity index (χ1n) is 7.35. The van der Waals surface area contributed by atoms with E-state index >= 15 is 0 Å². The number of benzene rings is 1. The lowest BCUT2D eigenvalue weighted by Crippen LogP contribution is -2.37. The number of ketones is 1. The summed E-state index contributed by atoms with van der Waals surface area (Å²) >= 11 is 0. The summed E-state index contributed by atoms with van der Waals surface area (Å²) in [5.41, 5.74) is 0.644. The van der Waals surface area contributed by atoms with Gasteiger partial charge in [0, 0.05) is 17.7 Å². The highest BCUT2D eigenvalue weighted by Gasteiger charge is 2.21. The number of carbonyl (C=O) groups is 1. The number of hydrogen-bond acceptors (Lipinski definition) is 4. The van der Waals surface area contributed by atoms with Crippen LogP contribution in [-0.4, -0.2) is 15.3 Å². The monoisotopic (exact) mass is 311 g/mol. The number of nitrogens with zero attached hydrogens (tertiary/aromatic N) is 2. The van der Waals surface area contributed by atoms with E-state index in [4.69, 9.17) is 5.26 Å². The molecule has 1 N–H and O–H groups in total. The number of nitrogens with one attached hydrogen (secondary N) is 1. The smallest absolute Gasteiger partial charge is 0.290 e. The Balaban J connectivity index is 2.78. The molecule has 0 saturated heterocycles. The van der Waals surface area contributed by atoms with Gasteiger partial charge in [-0.15, -0.1) is 0 Å². The molecule has 0 amide bonds. The molecule has 1 aromatic carbocycles. The summed E-state index contributed by atoms with van der Waals surface area (Å²) in [4.78, 5) is 39.1. The van der Waals surface area contributed by atoms with Crippen LogP contribution in [0.1, 0.15) is 46.6 Å². The van der Waals surface area contributed by atoms with E-state index in [1.165, 1.54) is 10.6 Å². The van der Waals surface area contributed by atoms with Crippen LogP contribution in [0.2, 0.25) is 0 Å². The van der Waals surface area contributed by atoms with E-state index in [-0.39, 0.29) is 17.8 Å². The Morgan fingerprint density at radius 1 is 1.26 bits per heavy atom. The lowest BCUT2D eigenvalue weighted by Gasteiger charge is -2.13. The molecule has 6 heteroatoms. The fourth-order valence-electron chi connectivity index (χ4n) is 2.62. The molecule has 2 rings (SSSR count). The standard InChI is InChI=1S/C17H17N3O3/c1-4-13-14(20(5-2)17(23)19-16(13)22)15(21)12-7-10(3)6-11(8-12)9-18/h6-8H,4-5H2,1-3H3,(H,19,22,23). The lowest BCUT2D eigenvalue weighted by molar-refractivity contribution is 0.102. The molecule has 0 aliphatic heterocycles. The summed E-state index contributed by atoms with van der Waals surface area (Å²) in [6.45, 7) is 5.53. The number of rotatable bonds is 4. The number of H-pyrrole nitrogens is 1. The topological polar surface area (TPSA) is 95.7 Å². The lowest BCUT2D eigenvalue weighted by atomic mass is 9.99. The van der Waals surface area contributed by atoms with Gasteiger partial charge in [-0.25, -0.2) is 4.79 Å². The highest BCUT2D eigenvalue weighted by molar-refractivity contribution is 6.09. The van der Waals surface area contributed by atoms with Crippen LogP contribution in [0.25, 0.3) is 0 Å².